The van der Waals surface area contributed by atoms with E-state index in [0.29, 0.717) is 19.5 Å². The summed E-state index contributed by atoms with van der Waals surface area (Å²) in [5, 5.41) is 9.25. The fraction of sp³-hybridized carbons (Fsp3) is 0.857. The van der Waals surface area contributed by atoms with E-state index in [1.165, 1.54) is 0 Å². The predicted octanol–water partition coefficient (Wildman–Crippen LogP) is 1.29. The molecule has 1 amide bonds. The highest BCUT2D eigenvalue weighted by Gasteiger charge is 2.29. The second-order valence-corrected chi connectivity index (χ2v) is 6.69. The molecule has 1 aliphatic heterocycles. The molecule has 110 valence electrons. The molecule has 5 nitrogen and oxygen atoms in total. The fourth-order valence-electron chi connectivity index (χ4n) is 2.38. The van der Waals surface area contributed by atoms with Gasteiger partial charge in [0.05, 0.1) is 5.92 Å². The molecule has 1 atom stereocenters. The highest BCUT2D eigenvalue weighted by atomic mass is 16.4. The summed E-state index contributed by atoms with van der Waals surface area (Å²) in [6.45, 7) is 9.15. The van der Waals surface area contributed by atoms with Crippen LogP contribution in [0, 0.1) is 11.3 Å². The van der Waals surface area contributed by atoms with Gasteiger partial charge < -0.3 is 14.9 Å². The number of carbonyl (C=O) groups excluding carboxylic acids is 1. The van der Waals surface area contributed by atoms with E-state index in [2.05, 4.69) is 4.90 Å². The fourth-order valence-corrected chi connectivity index (χ4v) is 2.38. The first-order valence-electron chi connectivity index (χ1n) is 6.88. The minimum Gasteiger partial charge on any atom is -0.481 e. The number of aliphatic carboxylic acids is 1. The van der Waals surface area contributed by atoms with Crippen molar-refractivity contribution >= 4 is 11.9 Å². The van der Waals surface area contributed by atoms with Crippen LogP contribution in [-0.2, 0) is 9.59 Å². The summed E-state index contributed by atoms with van der Waals surface area (Å²) in [7, 11) is 2.03. The highest BCUT2D eigenvalue weighted by Crippen LogP contribution is 2.27. The quantitative estimate of drug-likeness (QED) is 0.836. The highest BCUT2D eigenvalue weighted by molar-refractivity contribution is 5.82. The molecule has 0 aliphatic carbocycles. The zero-order valence-corrected chi connectivity index (χ0v) is 12.5. The van der Waals surface area contributed by atoms with Crippen LogP contribution in [0.4, 0.5) is 0 Å². The van der Waals surface area contributed by atoms with Crippen molar-refractivity contribution < 1.29 is 14.7 Å². The lowest BCUT2D eigenvalue weighted by Crippen LogP contribution is -2.47. The molecule has 0 aromatic heterocycles. The number of nitrogens with zero attached hydrogens (tertiary/aromatic N) is 2. The van der Waals surface area contributed by atoms with Crippen LogP contribution in [-0.4, -0.2) is 60.0 Å². The van der Waals surface area contributed by atoms with Crippen LogP contribution in [0.5, 0.6) is 0 Å². The van der Waals surface area contributed by atoms with E-state index in [0.717, 1.165) is 13.1 Å². The topological polar surface area (TPSA) is 60.9 Å². The molecule has 0 bridgehead atoms. The number of piperazine rings is 1. The number of amides is 1. The molecular formula is C14H26N2O3. The van der Waals surface area contributed by atoms with Gasteiger partial charge in [-0.15, -0.1) is 0 Å². The molecule has 1 heterocycles. The Bertz CT molecular complexity index is 328. The van der Waals surface area contributed by atoms with Crippen LogP contribution in [0.1, 0.15) is 33.6 Å². The molecule has 0 saturated carbocycles. The Hall–Kier alpha value is -1.10. The number of rotatable bonds is 4. The van der Waals surface area contributed by atoms with Crippen molar-refractivity contribution in [3.05, 3.63) is 0 Å². The van der Waals surface area contributed by atoms with Gasteiger partial charge in [0, 0.05) is 32.6 Å². The minimum absolute atomic E-state index is 0.0234. The monoisotopic (exact) mass is 270 g/mol. The number of hydrogen-bond acceptors (Lipinski definition) is 3. The van der Waals surface area contributed by atoms with E-state index in [-0.39, 0.29) is 17.7 Å². The van der Waals surface area contributed by atoms with Crippen LogP contribution in [0.15, 0.2) is 0 Å². The minimum atomic E-state index is -0.864. The maximum absolute atomic E-state index is 12.1. The predicted molar refractivity (Wildman–Crippen MR) is 73.9 cm³/mol. The van der Waals surface area contributed by atoms with Crippen molar-refractivity contribution in [2.75, 3.05) is 33.2 Å². The first-order valence-corrected chi connectivity index (χ1v) is 6.88. The van der Waals surface area contributed by atoms with Crippen LogP contribution >= 0.6 is 0 Å². The Balaban J connectivity index is 2.54. The van der Waals surface area contributed by atoms with E-state index >= 15 is 0 Å². The van der Waals surface area contributed by atoms with Gasteiger partial charge in [-0.1, -0.05) is 20.8 Å². The summed E-state index contributed by atoms with van der Waals surface area (Å²) in [6, 6.07) is 0. The third-order valence-corrected chi connectivity index (χ3v) is 3.49. The largest absolute Gasteiger partial charge is 0.481 e. The number of hydrogen-bond donors (Lipinski definition) is 1. The van der Waals surface area contributed by atoms with Crippen molar-refractivity contribution in [3.63, 3.8) is 0 Å². The lowest BCUT2D eigenvalue weighted by Gasteiger charge is -2.33. The second-order valence-electron chi connectivity index (χ2n) is 6.69. The molecule has 0 spiro atoms. The Morgan fingerprint density at radius 3 is 2.11 bits per heavy atom. The Kier molecular flexibility index (Phi) is 5.35. The second kappa shape index (κ2) is 6.37. The van der Waals surface area contributed by atoms with Gasteiger partial charge >= 0.3 is 5.97 Å². The van der Waals surface area contributed by atoms with Crippen LogP contribution in [0.25, 0.3) is 0 Å². The molecule has 1 fully saturated rings. The van der Waals surface area contributed by atoms with E-state index in [1.807, 2.05) is 27.8 Å². The third-order valence-electron chi connectivity index (χ3n) is 3.49. The number of carbonyl (C=O) groups is 2. The molecule has 19 heavy (non-hydrogen) atoms. The maximum Gasteiger partial charge on any atom is 0.307 e. The van der Waals surface area contributed by atoms with Crippen molar-refractivity contribution in [1.82, 2.24) is 9.80 Å². The van der Waals surface area contributed by atoms with E-state index < -0.39 is 11.9 Å². The Morgan fingerprint density at radius 1 is 1.16 bits per heavy atom. The Labute approximate surface area is 115 Å². The summed E-state index contributed by atoms with van der Waals surface area (Å²) in [5.41, 5.74) is -0.0779. The number of likely N-dealkylation sites (N-methyl/N-ethyl adjacent to an activating group) is 1. The van der Waals surface area contributed by atoms with Gasteiger partial charge in [0.2, 0.25) is 5.91 Å². The normalized spacial score (nSPS) is 19.3. The number of carboxylic acid groups (broad SMARTS) is 1. The molecule has 1 saturated heterocycles. The average Bonchev–Trinajstić information content (AvgIpc) is 2.27. The lowest BCUT2D eigenvalue weighted by atomic mass is 9.83. The molecule has 1 rings (SSSR count). The van der Waals surface area contributed by atoms with Gasteiger partial charge in [-0.25, -0.2) is 0 Å². The zero-order chi connectivity index (χ0) is 14.6. The van der Waals surface area contributed by atoms with Crippen LogP contribution in [0.2, 0.25) is 0 Å². The third kappa shape index (κ3) is 5.59. The lowest BCUT2D eigenvalue weighted by molar-refractivity contribution is -0.147. The van der Waals surface area contributed by atoms with E-state index in [9.17, 15) is 14.7 Å². The average molecular weight is 270 g/mol. The summed E-state index contributed by atoms with van der Waals surface area (Å²) >= 11 is 0. The first-order chi connectivity index (χ1) is 8.69. The van der Waals surface area contributed by atoms with Crippen molar-refractivity contribution in [3.8, 4) is 0 Å². The summed E-state index contributed by atoms with van der Waals surface area (Å²) in [5.74, 6) is -1.46. The molecular weight excluding hydrogens is 244 g/mol. The van der Waals surface area contributed by atoms with Gasteiger partial charge in [0.25, 0.3) is 0 Å². The van der Waals surface area contributed by atoms with Gasteiger partial charge in [-0.3, -0.25) is 9.59 Å². The van der Waals surface area contributed by atoms with Gasteiger partial charge in [-0.05, 0) is 18.9 Å². The van der Waals surface area contributed by atoms with Gasteiger partial charge in [-0.2, -0.15) is 0 Å². The molecule has 5 heteroatoms. The van der Waals surface area contributed by atoms with Gasteiger partial charge in [0.1, 0.15) is 0 Å². The first kappa shape index (κ1) is 16.0. The Morgan fingerprint density at radius 2 is 1.68 bits per heavy atom. The van der Waals surface area contributed by atoms with Crippen molar-refractivity contribution in [1.29, 1.82) is 0 Å². The maximum atomic E-state index is 12.1. The molecule has 0 aromatic rings. The zero-order valence-electron chi connectivity index (χ0n) is 12.5. The van der Waals surface area contributed by atoms with Crippen molar-refractivity contribution in [2.45, 2.75) is 33.6 Å². The van der Waals surface area contributed by atoms with E-state index in [1.54, 1.807) is 4.90 Å². The summed E-state index contributed by atoms with van der Waals surface area (Å²) in [4.78, 5) is 27.4. The summed E-state index contributed by atoms with van der Waals surface area (Å²) in [6.07, 6.45) is 0.651. The summed E-state index contributed by atoms with van der Waals surface area (Å²) < 4.78 is 0. The smallest absolute Gasteiger partial charge is 0.307 e. The molecule has 1 unspecified atom stereocenters. The standard InChI is InChI=1S/C14H26N2O3/c1-14(2,3)10-11(13(18)19)9-12(17)16-7-5-15(4)6-8-16/h11H,5-10H2,1-4H3,(H,18,19). The van der Waals surface area contributed by atoms with Crippen LogP contribution in [0.3, 0.4) is 0 Å². The van der Waals surface area contributed by atoms with Crippen molar-refractivity contribution in [2.24, 2.45) is 11.3 Å². The van der Waals surface area contributed by atoms with Crippen LogP contribution < -0.4 is 0 Å². The van der Waals surface area contributed by atoms with E-state index in [4.69, 9.17) is 0 Å². The molecule has 0 radical (unpaired) electrons. The molecule has 0 aromatic carbocycles. The molecule has 1 aliphatic rings. The van der Waals surface area contributed by atoms with Gasteiger partial charge in [0.15, 0.2) is 0 Å². The molecule has 1 N–H and O–H groups in total. The SMILES string of the molecule is CN1CCN(C(=O)CC(CC(C)(C)C)C(=O)O)CC1. The number of carboxylic acids is 1.